The predicted molar refractivity (Wildman–Crippen MR) is 99.8 cm³/mol. The third-order valence-electron chi connectivity index (χ3n) is 3.93. The fourth-order valence-corrected chi connectivity index (χ4v) is 2.78. The lowest BCUT2D eigenvalue weighted by molar-refractivity contribution is -0.147. The van der Waals surface area contributed by atoms with E-state index in [2.05, 4.69) is 4.98 Å². The molecule has 0 saturated heterocycles. The number of ether oxygens (including phenoxy) is 3. The lowest BCUT2D eigenvalue weighted by atomic mass is 10.1. The standard InChI is InChI=1S/C20H18ClNO4/c1-13-14-7-3-4-8-15(14)22-16(20(13)21)11-26-19(23)12-25-18-10-6-5-9-17(18)24-2/h3-10H,11-12H2,1-2H3. The van der Waals surface area contributed by atoms with Gasteiger partial charge in [-0.15, -0.1) is 0 Å². The van der Waals surface area contributed by atoms with E-state index in [1.54, 1.807) is 18.2 Å². The van der Waals surface area contributed by atoms with Crippen LogP contribution in [0, 0.1) is 6.92 Å². The molecule has 0 aliphatic carbocycles. The zero-order valence-electron chi connectivity index (χ0n) is 14.5. The van der Waals surface area contributed by atoms with Crippen LogP contribution in [0.25, 0.3) is 10.9 Å². The number of halogens is 1. The number of aryl methyl sites for hydroxylation is 1. The fourth-order valence-electron chi connectivity index (χ4n) is 2.58. The van der Waals surface area contributed by atoms with Gasteiger partial charge < -0.3 is 14.2 Å². The topological polar surface area (TPSA) is 57.7 Å². The molecule has 0 aliphatic rings. The van der Waals surface area contributed by atoms with E-state index in [0.717, 1.165) is 16.5 Å². The Morgan fingerprint density at radius 2 is 1.77 bits per heavy atom. The fraction of sp³-hybridized carbons (Fsp3) is 0.200. The molecule has 0 radical (unpaired) electrons. The summed E-state index contributed by atoms with van der Waals surface area (Å²) in [5, 5.41) is 1.48. The van der Waals surface area contributed by atoms with Crippen LogP contribution in [-0.4, -0.2) is 24.7 Å². The number of fused-ring (bicyclic) bond motifs is 1. The van der Waals surface area contributed by atoms with Crippen molar-refractivity contribution in [2.75, 3.05) is 13.7 Å². The van der Waals surface area contributed by atoms with Gasteiger partial charge in [0.25, 0.3) is 0 Å². The van der Waals surface area contributed by atoms with E-state index in [-0.39, 0.29) is 13.2 Å². The zero-order valence-corrected chi connectivity index (χ0v) is 15.2. The monoisotopic (exact) mass is 371 g/mol. The molecule has 134 valence electrons. The smallest absolute Gasteiger partial charge is 0.344 e. The number of methoxy groups -OCH3 is 1. The van der Waals surface area contributed by atoms with Gasteiger partial charge in [-0.3, -0.25) is 0 Å². The molecule has 2 aromatic carbocycles. The first-order valence-corrected chi connectivity index (χ1v) is 8.43. The summed E-state index contributed by atoms with van der Waals surface area (Å²) in [7, 11) is 1.54. The molecule has 0 N–H and O–H groups in total. The van der Waals surface area contributed by atoms with Crippen LogP contribution in [-0.2, 0) is 16.1 Å². The van der Waals surface area contributed by atoms with Gasteiger partial charge in [-0.2, -0.15) is 0 Å². The molecule has 0 saturated carbocycles. The Balaban J connectivity index is 1.64. The molecule has 0 fully saturated rings. The molecule has 26 heavy (non-hydrogen) atoms. The summed E-state index contributed by atoms with van der Waals surface area (Å²) in [6.07, 6.45) is 0. The number of hydrogen-bond acceptors (Lipinski definition) is 5. The van der Waals surface area contributed by atoms with Crippen LogP contribution in [0.4, 0.5) is 0 Å². The lowest BCUT2D eigenvalue weighted by Crippen LogP contribution is -2.15. The highest BCUT2D eigenvalue weighted by Gasteiger charge is 2.13. The predicted octanol–water partition coefficient (Wildman–Crippen LogP) is 4.33. The van der Waals surface area contributed by atoms with Gasteiger partial charge >= 0.3 is 5.97 Å². The molecule has 5 nitrogen and oxygen atoms in total. The van der Waals surface area contributed by atoms with Gasteiger partial charge in [0.15, 0.2) is 18.1 Å². The Labute approximate surface area is 156 Å². The van der Waals surface area contributed by atoms with Crippen molar-refractivity contribution < 1.29 is 19.0 Å². The van der Waals surface area contributed by atoms with Crippen LogP contribution < -0.4 is 9.47 Å². The Morgan fingerprint density at radius 3 is 2.54 bits per heavy atom. The van der Waals surface area contributed by atoms with E-state index >= 15 is 0 Å². The molecular formula is C20H18ClNO4. The molecule has 6 heteroatoms. The van der Waals surface area contributed by atoms with Crippen LogP contribution in [0.2, 0.25) is 5.02 Å². The lowest BCUT2D eigenvalue weighted by Gasteiger charge is -2.12. The SMILES string of the molecule is COc1ccccc1OCC(=O)OCc1nc2ccccc2c(C)c1Cl. The number of para-hydroxylation sites is 3. The van der Waals surface area contributed by atoms with Crippen molar-refractivity contribution in [2.24, 2.45) is 0 Å². The number of carbonyl (C=O) groups excluding carboxylic acids is 1. The van der Waals surface area contributed by atoms with Gasteiger partial charge in [-0.05, 0) is 30.7 Å². The van der Waals surface area contributed by atoms with Gasteiger partial charge in [0.05, 0.1) is 23.3 Å². The third kappa shape index (κ3) is 3.89. The molecule has 3 rings (SSSR count). The molecule has 3 aromatic rings. The summed E-state index contributed by atoms with van der Waals surface area (Å²) < 4.78 is 15.9. The highest BCUT2D eigenvalue weighted by atomic mass is 35.5. The van der Waals surface area contributed by atoms with Crippen molar-refractivity contribution in [2.45, 2.75) is 13.5 Å². The quantitative estimate of drug-likeness (QED) is 0.604. The first kappa shape index (κ1) is 18.0. The summed E-state index contributed by atoms with van der Waals surface area (Å²) in [6, 6.07) is 14.8. The second kappa shape index (κ2) is 8.06. The largest absolute Gasteiger partial charge is 0.493 e. The number of carbonyl (C=O) groups is 1. The first-order chi connectivity index (χ1) is 12.6. The summed E-state index contributed by atoms with van der Waals surface area (Å²) in [6.45, 7) is 1.67. The third-order valence-corrected chi connectivity index (χ3v) is 4.43. The average molecular weight is 372 g/mol. The Hall–Kier alpha value is -2.79. The zero-order chi connectivity index (χ0) is 18.5. The van der Waals surface area contributed by atoms with Crippen molar-refractivity contribution in [3.63, 3.8) is 0 Å². The normalized spacial score (nSPS) is 10.6. The van der Waals surface area contributed by atoms with Gasteiger partial charge in [0.1, 0.15) is 6.61 Å². The first-order valence-electron chi connectivity index (χ1n) is 8.05. The van der Waals surface area contributed by atoms with Gasteiger partial charge in [-0.25, -0.2) is 9.78 Å². The minimum Gasteiger partial charge on any atom is -0.493 e. The molecular weight excluding hydrogens is 354 g/mol. The second-order valence-corrected chi connectivity index (χ2v) is 5.99. The summed E-state index contributed by atoms with van der Waals surface area (Å²) in [5.41, 5.74) is 2.24. The van der Waals surface area contributed by atoms with Crippen molar-refractivity contribution in [1.82, 2.24) is 4.98 Å². The Kier molecular flexibility index (Phi) is 5.58. The van der Waals surface area contributed by atoms with E-state index < -0.39 is 5.97 Å². The molecule has 0 spiro atoms. The number of esters is 1. The summed E-state index contributed by atoms with van der Waals surface area (Å²) in [4.78, 5) is 16.5. The minimum absolute atomic E-state index is 0.0153. The summed E-state index contributed by atoms with van der Waals surface area (Å²) in [5.74, 6) is 0.513. The minimum atomic E-state index is -0.514. The van der Waals surface area contributed by atoms with Gasteiger partial charge in [-0.1, -0.05) is 41.9 Å². The van der Waals surface area contributed by atoms with Crippen molar-refractivity contribution >= 4 is 28.5 Å². The van der Waals surface area contributed by atoms with Crippen LogP contribution in [0.1, 0.15) is 11.3 Å². The molecule has 1 heterocycles. The maximum absolute atomic E-state index is 12.0. The number of nitrogens with zero attached hydrogens (tertiary/aromatic N) is 1. The number of rotatable bonds is 6. The number of benzene rings is 2. The van der Waals surface area contributed by atoms with E-state index in [0.29, 0.717) is 22.2 Å². The molecule has 0 amide bonds. The molecule has 1 aromatic heterocycles. The van der Waals surface area contributed by atoms with Gasteiger partial charge in [0.2, 0.25) is 0 Å². The maximum Gasteiger partial charge on any atom is 0.344 e. The van der Waals surface area contributed by atoms with E-state index in [4.69, 9.17) is 25.8 Å². The van der Waals surface area contributed by atoms with Crippen molar-refractivity contribution in [3.05, 3.63) is 64.8 Å². The molecule has 0 aliphatic heterocycles. The number of aromatic nitrogens is 1. The maximum atomic E-state index is 12.0. The Morgan fingerprint density at radius 1 is 1.08 bits per heavy atom. The van der Waals surface area contributed by atoms with Crippen LogP contribution >= 0.6 is 11.6 Å². The second-order valence-electron chi connectivity index (χ2n) is 5.61. The van der Waals surface area contributed by atoms with Gasteiger partial charge in [0, 0.05) is 5.39 Å². The number of hydrogen-bond donors (Lipinski definition) is 0. The molecule has 0 bridgehead atoms. The summed E-state index contributed by atoms with van der Waals surface area (Å²) >= 11 is 6.37. The number of pyridine rings is 1. The molecule has 0 unspecified atom stereocenters. The van der Waals surface area contributed by atoms with E-state index in [9.17, 15) is 4.79 Å². The molecule has 0 atom stereocenters. The van der Waals surface area contributed by atoms with Crippen molar-refractivity contribution in [3.8, 4) is 11.5 Å². The van der Waals surface area contributed by atoms with E-state index in [1.165, 1.54) is 7.11 Å². The highest BCUT2D eigenvalue weighted by Crippen LogP contribution is 2.28. The highest BCUT2D eigenvalue weighted by molar-refractivity contribution is 6.32. The van der Waals surface area contributed by atoms with E-state index in [1.807, 2.05) is 37.3 Å². The van der Waals surface area contributed by atoms with Crippen molar-refractivity contribution in [1.29, 1.82) is 0 Å². The van der Waals surface area contributed by atoms with Crippen LogP contribution in [0.5, 0.6) is 11.5 Å². The Bertz CT molecular complexity index is 942. The van der Waals surface area contributed by atoms with Crippen LogP contribution in [0.15, 0.2) is 48.5 Å². The van der Waals surface area contributed by atoms with Crippen LogP contribution in [0.3, 0.4) is 0 Å². The average Bonchev–Trinajstić information content (AvgIpc) is 2.68.